The number of carbonyl (C=O) groups excluding carboxylic acids is 1. The van der Waals surface area contributed by atoms with Crippen LogP contribution in [0, 0.1) is 50.2 Å². The number of fused-ring (bicyclic) bond motifs is 7. The van der Waals surface area contributed by atoms with Crippen LogP contribution in [0.15, 0.2) is 42.0 Å². The Bertz CT molecular complexity index is 1360. The Morgan fingerprint density at radius 1 is 0.857 bits per heavy atom. The van der Waals surface area contributed by atoms with Crippen molar-refractivity contribution >= 4 is 17.5 Å². The van der Waals surface area contributed by atoms with Gasteiger partial charge in [0.2, 0.25) is 0 Å². The predicted molar refractivity (Wildman–Crippen MR) is 168 cm³/mol. The minimum absolute atomic E-state index is 0.00439. The third-order valence-corrected chi connectivity index (χ3v) is 14.3. The average Bonchev–Trinajstić information content (AvgIpc) is 2.92. The number of hydrogen-bond donors (Lipinski definition) is 1. The summed E-state index contributed by atoms with van der Waals surface area (Å²) in [4.78, 5) is 25.0. The van der Waals surface area contributed by atoms with Crippen molar-refractivity contribution in [3.05, 3.63) is 53.1 Å². The molecule has 4 nitrogen and oxygen atoms in total. The van der Waals surface area contributed by atoms with Crippen molar-refractivity contribution in [3.8, 4) is 0 Å². The van der Waals surface area contributed by atoms with Gasteiger partial charge in [-0.2, -0.15) is 0 Å². The zero-order chi connectivity index (χ0) is 30.5. The van der Waals surface area contributed by atoms with Gasteiger partial charge in [0, 0.05) is 0 Å². The molecule has 5 aliphatic rings. The van der Waals surface area contributed by atoms with Gasteiger partial charge in [-0.15, -0.1) is 0 Å². The second kappa shape index (κ2) is 9.32. The van der Waals surface area contributed by atoms with Crippen molar-refractivity contribution in [2.24, 2.45) is 50.2 Å². The molecule has 1 N–H and O–H groups in total. The van der Waals surface area contributed by atoms with Crippen molar-refractivity contribution < 1.29 is 19.4 Å². The van der Waals surface area contributed by atoms with Crippen molar-refractivity contribution in [2.45, 2.75) is 106 Å². The predicted octanol–water partition coefficient (Wildman–Crippen LogP) is 9.35. The summed E-state index contributed by atoms with van der Waals surface area (Å²) in [5.41, 5.74) is 4.67. The lowest BCUT2D eigenvalue weighted by molar-refractivity contribution is -0.177. The molecule has 228 valence electrons. The normalized spacial score (nSPS) is 41.6. The number of ether oxygens (including phenoxy) is 1. The molecule has 0 radical (unpaired) electrons. The molecular weight excluding hydrogens is 520 g/mol. The van der Waals surface area contributed by atoms with Gasteiger partial charge >= 0.3 is 11.9 Å². The first kappa shape index (κ1) is 29.7. The number of methoxy groups -OCH3 is 1. The maximum absolute atomic E-state index is 12.9. The summed E-state index contributed by atoms with van der Waals surface area (Å²) in [6.45, 7) is 17.3. The largest absolute Gasteiger partial charge is 0.481 e. The Morgan fingerprint density at radius 3 is 2.17 bits per heavy atom. The number of rotatable bonds is 3. The summed E-state index contributed by atoms with van der Waals surface area (Å²) in [5, 5.41) is 10.6. The van der Waals surface area contributed by atoms with Gasteiger partial charge in [-0.1, -0.05) is 78.3 Å². The van der Waals surface area contributed by atoms with Crippen LogP contribution in [0.2, 0.25) is 0 Å². The summed E-state index contributed by atoms with van der Waals surface area (Å²) in [7, 11) is 1.43. The van der Waals surface area contributed by atoms with Crippen LogP contribution in [-0.4, -0.2) is 24.2 Å². The quantitative estimate of drug-likeness (QED) is 0.289. The summed E-state index contributed by atoms with van der Waals surface area (Å²) in [6.07, 6.45) is 14.2. The maximum atomic E-state index is 12.9. The monoisotopic (exact) mass is 572 g/mol. The molecule has 0 bridgehead atoms. The molecule has 7 atom stereocenters. The van der Waals surface area contributed by atoms with Gasteiger partial charge in [0.25, 0.3) is 0 Å². The van der Waals surface area contributed by atoms with E-state index in [-0.39, 0.29) is 39.0 Å². The zero-order valence-corrected chi connectivity index (χ0v) is 27.2. The highest BCUT2D eigenvalue weighted by Gasteiger charge is 2.68. The Balaban J connectivity index is 1.38. The van der Waals surface area contributed by atoms with E-state index in [0.717, 1.165) is 44.9 Å². The minimum atomic E-state index is -0.584. The molecule has 6 rings (SSSR count). The number of benzene rings is 1. The number of aliphatic carboxylic acids is 1. The molecule has 5 aliphatic carbocycles. The Kier molecular flexibility index (Phi) is 6.59. The van der Waals surface area contributed by atoms with Gasteiger partial charge in [0.15, 0.2) is 0 Å². The lowest BCUT2D eigenvalue weighted by atomic mass is 9.34. The molecule has 0 heterocycles. The fourth-order valence-corrected chi connectivity index (χ4v) is 11.6. The van der Waals surface area contributed by atoms with E-state index in [2.05, 4.69) is 72.8 Å². The van der Waals surface area contributed by atoms with E-state index in [4.69, 9.17) is 4.74 Å². The average molecular weight is 573 g/mol. The van der Waals surface area contributed by atoms with E-state index >= 15 is 0 Å². The first-order valence-electron chi connectivity index (χ1n) is 16.4. The van der Waals surface area contributed by atoms with E-state index in [1.165, 1.54) is 36.7 Å². The molecular formula is C38H52O4. The fraction of sp³-hybridized carbons (Fsp3) is 0.684. The highest BCUT2D eigenvalue weighted by Crippen LogP contribution is 2.76. The summed E-state index contributed by atoms with van der Waals surface area (Å²) in [5.74, 6) is 0.418. The molecule has 4 heteroatoms. The maximum Gasteiger partial charge on any atom is 0.337 e. The zero-order valence-electron chi connectivity index (χ0n) is 27.2. The van der Waals surface area contributed by atoms with Crippen LogP contribution >= 0.6 is 0 Å². The van der Waals surface area contributed by atoms with Crippen molar-refractivity contribution in [2.75, 3.05) is 7.11 Å². The molecule has 0 spiro atoms. The summed E-state index contributed by atoms with van der Waals surface area (Å²) < 4.78 is 4.92. The van der Waals surface area contributed by atoms with Gasteiger partial charge in [0.1, 0.15) is 0 Å². The third kappa shape index (κ3) is 3.84. The molecule has 0 saturated heterocycles. The number of allylic oxidation sites excluding steroid dienone is 4. The molecule has 1 aromatic carbocycles. The van der Waals surface area contributed by atoms with Crippen LogP contribution in [-0.2, 0) is 9.53 Å². The molecule has 3 saturated carbocycles. The molecule has 42 heavy (non-hydrogen) atoms. The second-order valence-corrected chi connectivity index (χ2v) is 16.8. The van der Waals surface area contributed by atoms with Crippen LogP contribution < -0.4 is 0 Å². The highest BCUT2D eigenvalue weighted by atomic mass is 16.5. The van der Waals surface area contributed by atoms with E-state index in [9.17, 15) is 14.7 Å². The SMILES string of the molecule is COC(=O)c1ccc(C2=CC[C@]3(C)[C@H]4CC=C5[C@@H]6CC(C)(C)CC[C@]6(C(=O)O)CC[C@@]5(C)[C@]4(C)CC[C@H]3C2(C)C)cc1. The van der Waals surface area contributed by atoms with Crippen LogP contribution in [0.1, 0.15) is 122 Å². The topological polar surface area (TPSA) is 63.6 Å². The molecule has 0 aromatic heterocycles. The fourth-order valence-electron chi connectivity index (χ4n) is 11.6. The van der Waals surface area contributed by atoms with Crippen molar-refractivity contribution in [1.29, 1.82) is 0 Å². The van der Waals surface area contributed by atoms with E-state index in [0.29, 0.717) is 17.4 Å². The minimum Gasteiger partial charge on any atom is -0.481 e. The first-order valence-corrected chi connectivity index (χ1v) is 16.4. The Hall–Kier alpha value is -2.36. The molecule has 1 aromatic rings. The number of carbonyl (C=O) groups is 2. The van der Waals surface area contributed by atoms with Gasteiger partial charge in [0.05, 0.1) is 18.1 Å². The number of carboxylic acids is 1. The van der Waals surface area contributed by atoms with Crippen LogP contribution in [0.3, 0.4) is 0 Å². The van der Waals surface area contributed by atoms with Gasteiger partial charge < -0.3 is 9.84 Å². The Morgan fingerprint density at radius 2 is 1.52 bits per heavy atom. The summed E-state index contributed by atoms with van der Waals surface area (Å²) in [6, 6.07) is 7.97. The number of hydrogen-bond acceptors (Lipinski definition) is 3. The van der Waals surface area contributed by atoms with Crippen LogP contribution in [0.5, 0.6) is 0 Å². The van der Waals surface area contributed by atoms with Gasteiger partial charge in [-0.3, -0.25) is 4.79 Å². The van der Waals surface area contributed by atoms with Crippen molar-refractivity contribution in [3.63, 3.8) is 0 Å². The van der Waals surface area contributed by atoms with E-state index in [1.807, 2.05) is 12.1 Å². The second-order valence-electron chi connectivity index (χ2n) is 16.8. The highest BCUT2D eigenvalue weighted by molar-refractivity contribution is 5.90. The molecule has 0 unspecified atom stereocenters. The van der Waals surface area contributed by atoms with Gasteiger partial charge in [-0.05, 0) is 126 Å². The molecule has 3 fully saturated rings. The first-order chi connectivity index (χ1) is 19.6. The standard InChI is InChI=1S/C38H52O4/c1-33(2)19-21-38(32(40)41)22-20-36(6)27(28(38)23-33)13-14-30-35(5)17-15-26(24-9-11-25(12-10-24)31(39)42-8)34(3,4)29(35)16-18-37(30,36)7/h9-13,15,28-30H,14,16-23H2,1-8H3,(H,40,41)/t28-,29-,30+,35-,36+,37+,38-/m0/s1. The van der Waals surface area contributed by atoms with E-state index in [1.54, 1.807) is 0 Å². The third-order valence-electron chi connectivity index (χ3n) is 14.3. The van der Waals surface area contributed by atoms with Crippen LogP contribution in [0.25, 0.3) is 5.57 Å². The van der Waals surface area contributed by atoms with Crippen molar-refractivity contribution in [1.82, 2.24) is 0 Å². The number of carboxylic acid groups (broad SMARTS) is 1. The molecule has 0 aliphatic heterocycles. The number of esters is 1. The molecule has 0 amide bonds. The summed E-state index contributed by atoms with van der Waals surface area (Å²) >= 11 is 0. The van der Waals surface area contributed by atoms with Crippen LogP contribution in [0.4, 0.5) is 0 Å². The Labute approximate surface area is 253 Å². The lowest BCUT2D eigenvalue weighted by Gasteiger charge is -2.70. The smallest absolute Gasteiger partial charge is 0.337 e. The van der Waals surface area contributed by atoms with E-state index < -0.39 is 11.4 Å². The lowest BCUT2D eigenvalue weighted by Crippen LogP contribution is -2.63. The van der Waals surface area contributed by atoms with Gasteiger partial charge in [-0.25, -0.2) is 4.79 Å².